The molecule has 0 atom stereocenters. The van der Waals surface area contributed by atoms with E-state index in [1.807, 2.05) is 12.3 Å². The van der Waals surface area contributed by atoms with E-state index >= 15 is 0 Å². The van der Waals surface area contributed by atoms with Crippen LogP contribution in [0.25, 0.3) is 10.6 Å². The maximum Gasteiger partial charge on any atom is 0.125 e. The zero-order valence-electron chi connectivity index (χ0n) is 7.42. The summed E-state index contributed by atoms with van der Waals surface area (Å²) in [6.45, 7) is 1.95. The lowest BCUT2D eigenvalue weighted by molar-refractivity contribution is 0.628. The first-order chi connectivity index (χ1) is 6.66. The van der Waals surface area contributed by atoms with E-state index in [1.54, 1.807) is 6.07 Å². The number of thiazole rings is 1. The molecule has 0 aliphatic rings. The molecule has 0 unspecified atom stereocenters. The van der Waals surface area contributed by atoms with Gasteiger partial charge in [-0.2, -0.15) is 0 Å². The molecule has 0 radical (unpaired) electrons. The summed E-state index contributed by atoms with van der Waals surface area (Å²) in [7, 11) is 0. The summed E-state index contributed by atoms with van der Waals surface area (Å²) in [6.07, 6.45) is 0. The van der Waals surface area contributed by atoms with Crippen LogP contribution in [-0.4, -0.2) is 4.98 Å². The second-order valence-electron chi connectivity index (χ2n) is 2.93. The lowest BCUT2D eigenvalue weighted by atomic mass is 10.1. The van der Waals surface area contributed by atoms with E-state index < -0.39 is 0 Å². The average Bonchev–Trinajstić information content (AvgIpc) is 2.56. The first-order valence-electron chi connectivity index (χ1n) is 4.04. The van der Waals surface area contributed by atoms with E-state index in [0.29, 0.717) is 0 Å². The van der Waals surface area contributed by atoms with Gasteiger partial charge < -0.3 is 0 Å². The van der Waals surface area contributed by atoms with Crippen molar-refractivity contribution in [3.63, 3.8) is 0 Å². The maximum absolute atomic E-state index is 13.0. The number of nitrogens with zero attached hydrogens (tertiary/aromatic N) is 1. The van der Waals surface area contributed by atoms with Gasteiger partial charge in [0.1, 0.15) is 15.4 Å². The fourth-order valence-electron chi connectivity index (χ4n) is 1.20. The van der Waals surface area contributed by atoms with Gasteiger partial charge >= 0.3 is 0 Å². The molecule has 0 saturated heterocycles. The number of hydrogen-bond donors (Lipinski definition) is 0. The molecule has 1 nitrogen and oxygen atoms in total. The first-order valence-corrected chi connectivity index (χ1v) is 5.71. The third-order valence-electron chi connectivity index (χ3n) is 1.91. The summed E-state index contributed by atoms with van der Waals surface area (Å²) in [5, 5.41) is 2.73. The van der Waals surface area contributed by atoms with Crippen LogP contribution in [0.15, 0.2) is 28.2 Å². The van der Waals surface area contributed by atoms with Gasteiger partial charge in [0.05, 0.1) is 0 Å². The number of benzene rings is 1. The van der Waals surface area contributed by atoms with Crippen LogP contribution in [-0.2, 0) is 0 Å². The second-order valence-corrected chi connectivity index (χ2v) is 4.61. The lowest BCUT2D eigenvalue weighted by Gasteiger charge is -2.01. The van der Waals surface area contributed by atoms with Gasteiger partial charge in [-0.3, -0.25) is 0 Å². The second kappa shape index (κ2) is 3.79. The van der Waals surface area contributed by atoms with Crippen molar-refractivity contribution in [3.8, 4) is 10.6 Å². The van der Waals surface area contributed by atoms with Crippen molar-refractivity contribution < 1.29 is 4.39 Å². The Morgan fingerprint density at radius 1 is 1.43 bits per heavy atom. The van der Waals surface area contributed by atoms with Gasteiger partial charge in [0, 0.05) is 10.9 Å². The highest BCUT2D eigenvalue weighted by molar-refractivity contribution is 9.10. The first kappa shape index (κ1) is 9.80. The van der Waals surface area contributed by atoms with Crippen molar-refractivity contribution in [1.82, 2.24) is 4.98 Å². The third kappa shape index (κ3) is 1.86. The smallest absolute Gasteiger partial charge is 0.125 e. The molecule has 0 saturated carbocycles. The molecule has 2 rings (SSSR count). The fourth-order valence-corrected chi connectivity index (χ4v) is 2.54. The maximum atomic E-state index is 13.0. The fraction of sp³-hybridized carbons (Fsp3) is 0.100. The Labute approximate surface area is 93.7 Å². The molecule has 72 valence electrons. The van der Waals surface area contributed by atoms with Crippen LogP contribution in [0.5, 0.6) is 0 Å². The van der Waals surface area contributed by atoms with Crippen LogP contribution in [0.2, 0.25) is 0 Å². The van der Waals surface area contributed by atoms with Crippen molar-refractivity contribution >= 4 is 27.3 Å². The highest BCUT2D eigenvalue weighted by Crippen LogP contribution is 2.28. The number of halogens is 2. The topological polar surface area (TPSA) is 12.9 Å². The van der Waals surface area contributed by atoms with Crippen LogP contribution >= 0.6 is 27.3 Å². The van der Waals surface area contributed by atoms with Crippen molar-refractivity contribution in [1.29, 1.82) is 0 Å². The zero-order chi connectivity index (χ0) is 10.1. The molecule has 0 aliphatic heterocycles. The van der Waals surface area contributed by atoms with Crippen LogP contribution in [0.4, 0.5) is 4.39 Å². The number of hydrogen-bond acceptors (Lipinski definition) is 2. The summed E-state index contributed by atoms with van der Waals surface area (Å²) in [5.41, 5.74) is 1.90. The molecular weight excluding hydrogens is 265 g/mol. The Morgan fingerprint density at radius 3 is 2.86 bits per heavy atom. The minimum Gasteiger partial charge on any atom is -0.229 e. The van der Waals surface area contributed by atoms with Gasteiger partial charge in [-0.15, -0.1) is 11.3 Å². The largest absolute Gasteiger partial charge is 0.229 e. The molecule has 14 heavy (non-hydrogen) atoms. The molecule has 2 aromatic rings. The van der Waals surface area contributed by atoms with Crippen LogP contribution in [0.1, 0.15) is 5.56 Å². The van der Waals surface area contributed by atoms with E-state index in [2.05, 4.69) is 20.9 Å². The van der Waals surface area contributed by atoms with Crippen molar-refractivity contribution in [2.24, 2.45) is 0 Å². The van der Waals surface area contributed by atoms with Gasteiger partial charge in [-0.25, -0.2) is 9.37 Å². The highest BCUT2D eigenvalue weighted by atomic mass is 79.9. The molecule has 0 spiro atoms. The Bertz CT molecular complexity index is 467. The molecule has 0 N–H and O–H groups in total. The predicted octanol–water partition coefficient (Wildman–Crippen LogP) is 4.02. The van der Waals surface area contributed by atoms with Gasteiger partial charge in [-0.05, 0) is 40.5 Å². The summed E-state index contributed by atoms with van der Waals surface area (Å²) < 4.78 is 13.8. The van der Waals surface area contributed by atoms with Gasteiger partial charge in [0.25, 0.3) is 0 Å². The van der Waals surface area contributed by atoms with Crippen LogP contribution in [0, 0.1) is 12.7 Å². The minimum atomic E-state index is -0.225. The van der Waals surface area contributed by atoms with Crippen LogP contribution in [0.3, 0.4) is 0 Å². The number of aryl methyl sites for hydroxylation is 1. The van der Waals surface area contributed by atoms with Crippen molar-refractivity contribution in [2.75, 3.05) is 0 Å². The Balaban J connectivity index is 2.55. The molecule has 0 fully saturated rings. The van der Waals surface area contributed by atoms with E-state index in [-0.39, 0.29) is 5.82 Å². The van der Waals surface area contributed by atoms with E-state index in [4.69, 9.17) is 0 Å². The quantitative estimate of drug-likeness (QED) is 0.764. The minimum absolute atomic E-state index is 0.225. The van der Waals surface area contributed by atoms with E-state index in [0.717, 1.165) is 20.7 Å². The van der Waals surface area contributed by atoms with Gasteiger partial charge in [0.15, 0.2) is 0 Å². The van der Waals surface area contributed by atoms with Crippen molar-refractivity contribution in [3.05, 3.63) is 39.6 Å². The number of aromatic nitrogens is 1. The standard InChI is InChI=1S/C10H7BrFNS/c1-6-2-3-7(12)4-8(6)10-13-9(11)5-14-10/h2-5H,1H3. The zero-order valence-corrected chi connectivity index (χ0v) is 9.82. The predicted molar refractivity (Wildman–Crippen MR) is 59.9 cm³/mol. The molecule has 1 aromatic heterocycles. The van der Waals surface area contributed by atoms with Gasteiger partial charge in [0.2, 0.25) is 0 Å². The van der Waals surface area contributed by atoms with Gasteiger partial charge in [-0.1, -0.05) is 6.07 Å². The summed E-state index contributed by atoms with van der Waals surface area (Å²) in [6, 6.07) is 4.74. The summed E-state index contributed by atoms with van der Waals surface area (Å²) in [5.74, 6) is -0.225. The Morgan fingerprint density at radius 2 is 2.21 bits per heavy atom. The molecule has 1 heterocycles. The molecule has 1 aromatic carbocycles. The molecule has 0 bridgehead atoms. The summed E-state index contributed by atoms with van der Waals surface area (Å²) in [4.78, 5) is 4.25. The normalized spacial score (nSPS) is 10.5. The Kier molecular flexibility index (Phi) is 2.65. The third-order valence-corrected chi connectivity index (χ3v) is 3.49. The molecule has 0 amide bonds. The monoisotopic (exact) mass is 271 g/mol. The Hall–Kier alpha value is -0.740. The lowest BCUT2D eigenvalue weighted by Crippen LogP contribution is -1.84. The van der Waals surface area contributed by atoms with E-state index in [1.165, 1.54) is 23.5 Å². The molecular formula is C10H7BrFNS. The number of rotatable bonds is 1. The van der Waals surface area contributed by atoms with Crippen molar-refractivity contribution in [2.45, 2.75) is 6.92 Å². The average molecular weight is 272 g/mol. The van der Waals surface area contributed by atoms with Crippen LogP contribution < -0.4 is 0 Å². The molecule has 4 heteroatoms. The summed E-state index contributed by atoms with van der Waals surface area (Å²) >= 11 is 4.78. The van der Waals surface area contributed by atoms with E-state index in [9.17, 15) is 4.39 Å². The molecule has 0 aliphatic carbocycles. The highest BCUT2D eigenvalue weighted by Gasteiger charge is 2.07. The SMILES string of the molecule is Cc1ccc(F)cc1-c1nc(Br)cs1.